The van der Waals surface area contributed by atoms with Crippen molar-refractivity contribution in [2.45, 2.75) is 131 Å². The van der Waals surface area contributed by atoms with Gasteiger partial charge in [-0.05, 0) is 39.7 Å². The normalized spacial score (nSPS) is 33.0. The maximum absolute atomic E-state index is 14.9. The van der Waals surface area contributed by atoms with Crippen molar-refractivity contribution in [3.63, 3.8) is 0 Å². The third kappa shape index (κ3) is 9.09. The number of methoxy groups -OCH3 is 1. The van der Waals surface area contributed by atoms with Gasteiger partial charge in [-0.3, -0.25) is 19.4 Å². The number of piperidine rings is 1. The van der Waals surface area contributed by atoms with Crippen molar-refractivity contribution in [1.82, 2.24) is 4.90 Å². The van der Waals surface area contributed by atoms with E-state index in [-0.39, 0.29) is 78.9 Å². The van der Waals surface area contributed by atoms with Crippen molar-refractivity contribution in [2.24, 2.45) is 39.6 Å². The van der Waals surface area contributed by atoms with Crippen LogP contribution in [-0.4, -0.2) is 106 Å². The number of esters is 1. The highest BCUT2D eigenvalue weighted by Gasteiger charge is 2.52. The second-order valence-electron chi connectivity index (χ2n) is 19.6. The van der Waals surface area contributed by atoms with Gasteiger partial charge in [0.05, 0.1) is 41.2 Å². The largest absolute Gasteiger partial charge is 0.507 e. The maximum Gasteiger partial charge on any atom is 0.316 e. The standard InChI is InChI=1S/C49H65BrN4O11/c1-24(2)23-54-19-17-49(18-20-54)52-36-33-34-39(56)28(6)44-35(33)45(58)48(11,65-44)61-21-16-31(60-12)27(5)42(62-32(55)22-50)30(8)43-29(7)41(63-47(9,10)64-43)25(3)14-13-15-26(4)46(59)51-38(40(34)57)37(36)53-49/h13-16,21,24-25,27,29-31,41-43,52,56-57H,17-20,22-23H2,1-12H3/b14-13+,21-16+,26-15-,51-38?/t25-,27+,29+,30-,31-,41-,42+,43+,48-/m0/s1. The molecule has 1 spiro atoms. The summed E-state index contributed by atoms with van der Waals surface area (Å²) in [4.78, 5) is 54.0. The van der Waals surface area contributed by atoms with E-state index in [9.17, 15) is 24.6 Å². The second-order valence-corrected chi connectivity index (χ2v) is 20.1. The van der Waals surface area contributed by atoms with Gasteiger partial charge in [-0.2, -0.15) is 0 Å². The van der Waals surface area contributed by atoms with E-state index in [0.717, 1.165) is 19.6 Å². The van der Waals surface area contributed by atoms with Gasteiger partial charge < -0.3 is 48.9 Å². The van der Waals surface area contributed by atoms with E-state index in [1.54, 1.807) is 39.2 Å². The third-order valence-electron chi connectivity index (χ3n) is 13.7. The summed E-state index contributed by atoms with van der Waals surface area (Å²) in [5.41, 5.74) is 0.0597. The van der Waals surface area contributed by atoms with Crippen LogP contribution in [0.2, 0.25) is 0 Å². The quantitative estimate of drug-likeness (QED) is 0.159. The molecule has 6 heterocycles. The van der Waals surface area contributed by atoms with Crippen molar-refractivity contribution in [1.29, 1.82) is 0 Å². The number of amides is 1. The zero-order chi connectivity index (χ0) is 47.5. The number of ketones is 1. The van der Waals surface area contributed by atoms with Crippen molar-refractivity contribution >= 4 is 50.0 Å². The first-order valence-electron chi connectivity index (χ1n) is 22.7. The first-order valence-corrected chi connectivity index (χ1v) is 23.8. The van der Waals surface area contributed by atoms with Gasteiger partial charge in [-0.1, -0.05) is 75.7 Å². The van der Waals surface area contributed by atoms with Crippen LogP contribution >= 0.6 is 15.9 Å². The molecule has 8 rings (SSSR count). The van der Waals surface area contributed by atoms with Gasteiger partial charge in [-0.15, -0.1) is 0 Å². The Labute approximate surface area is 389 Å². The molecule has 3 N–H and O–H groups in total. The van der Waals surface area contributed by atoms with Gasteiger partial charge >= 0.3 is 11.8 Å². The van der Waals surface area contributed by atoms with Gasteiger partial charge in [0.25, 0.3) is 11.7 Å². The minimum Gasteiger partial charge on any atom is -0.507 e. The molecule has 0 saturated carbocycles. The number of alkyl halides is 1. The van der Waals surface area contributed by atoms with Crippen LogP contribution in [0.4, 0.5) is 5.69 Å². The zero-order valence-corrected chi connectivity index (χ0v) is 41.2. The summed E-state index contributed by atoms with van der Waals surface area (Å²) in [6.45, 7) is 23.2. The molecule has 7 bridgehead atoms. The minimum atomic E-state index is -1.93. The van der Waals surface area contributed by atoms with Crippen LogP contribution < -0.4 is 20.8 Å². The number of hydrogen-bond donors (Lipinski definition) is 3. The Bertz CT molecular complexity index is 2460. The number of carbonyl (C=O) groups is 3. The van der Waals surface area contributed by atoms with Crippen LogP contribution in [0.25, 0.3) is 10.8 Å². The number of rotatable bonds is 5. The van der Waals surface area contributed by atoms with E-state index >= 15 is 0 Å². The molecule has 15 nitrogen and oxygen atoms in total. The van der Waals surface area contributed by atoms with Crippen LogP contribution in [0.5, 0.6) is 17.2 Å². The average molecular weight is 966 g/mol. The second kappa shape index (κ2) is 18.4. The van der Waals surface area contributed by atoms with Gasteiger partial charge in [0.1, 0.15) is 39.3 Å². The molecule has 0 aromatic heterocycles. The smallest absolute Gasteiger partial charge is 0.316 e. The topological polar surface area (TPSA) is 187 Å². The lowest BCUT2D eigenvalue weighted by Crippen LogP contribution is -2.56. The van der Waals surface area contributed by atoms with Gasteiger partial charge in [0, 0.05) is 86.7 Å². The number of nitrogens with zero attached hydrogens (tertiary/aromatic N) is 3. The van der Waals surface area contributed by atoms with Gasteiger partial charge in [-0.25, -0.2) is 4.99 Å². The number of nitrogens with one attached hydrogen (secondary N) is 1. The van der Waals surface area contributed by atoms with Crippen molar-refractivity contribution in [3.05, 3.63) is 58.0 Å². The molecule has 9 atom stereocenters. The Morgan fingerprint density at radius 3 is 2.29 bits per heavy atom. The Hall–Kier alpha value is -4.35. The maximum atomic E-state index is 14.9. The fourth-order valence-electron chi connectivity index (χ4n) is 10.3. The van der Waals surface area contributed by atoms with Gasteiger partial charge in [0.2, 0.25) is 0 Å². The summed E-state index contributed by atoms with van der Waals surface area (Å²) in [5.74, 6) is -6.01. The number of fused-ring (bicyclic) bond motifs is 9. The van der Waals surface area contributed by atoms with Crippen LogP contribution in [0.3, 0.4) is 0 Å². The van der Waals surface area contributed by atoms with E-state index in [0.29, 0.717) is 24.4 Å². The SMILES string of the molecule is CO[C@H]1/C=C/O[C@@]2(C)Oc3c(C)c(O)c4c(O)c(c5c(c4c3C2=O)NC2(CCN(CC(C)C)CC2)N=5)=NC(=O)/C(C)=C\C=C\[C@H](C)[C@@H]2OC(C)(C)O[C@@H]([C@@H](C)[C@H](OC(=O)CBr)[C@@H]1C)[C@@H]2C. The Morgan fingerprint density at radius 1 is 0.969 bits per heavy atom. The lowest BCUT2D eigenvalue weighted by atomic mass is 9.77. The highest BCUT2D eigenvalue weighted by molar-refractivity contribution is 9.09. The fourth-order valence-corrected chi connectivity index (χ4v) is 10.4. The Kier molecular flexibility index (Phi) is 13.7. The van der Waals surface area contributed by atoms with Crippen LogP contribution in [-0.2, 0) is 33.3 Å². The van der Waals surface area contributed by atoms with Crippen molar-refractivity contribution in [2.75, 3.05) is 37.4 Å². The predicted octanol–water partition coefficient (Wildman–Crippen LogP) is 6.92. The highest BCUT2D eigenvalue weighted by Crippen LogP contribution is 2.51. The molecule has 65 heavy (non-hydrogen) atoms. The number of phenols is 2. The molecule has 354 valence electrons. The van der Waals surface area contributed by atoms with E-state index in [1.807, 2.05) is 40.7 Å². The summed E-state index contributed by atoms with van der Waals surface area (Å²) in [5, 5.41) is 27.9. The first kappa shape index (κ1) is 48.6. The third-order valence-corrected chi connectivity index (χ3v) is 14.2. The van der Waals surface area contributed by atoms with E-state index in [4.69, 9.17) is 33.4 Å². The highest BCUT2D eigenvalue weighted by atomic mass is 79.9. The fraction of sp³-hybridized carbons (Fsp3) is 0.612. The summed E-state index contributed by atoms with van der Waals surface area (Å²) in [7, 11) is 1.54. The van der Waals surface area contributed by atoms with Crippen molar-refractivity contribution in [3.8, 4) is 17.2 Å². The molecule has 2 aromatic carbocycles. The molecule has 0 unspecified atom stereocenters. The number of allylic oxidation sites excluding steroid dienone is 2. The van der Waals surface area contributed by atoms with Crippen molar-refractivity contribution < 1.29 is 53.0 Å². The zero-order valence-electron chi connectivity index (χ0n) is 39.6. The van der Waals surface area contributed by atoms with E-state index < -0.39 is 64.9 Å². The number of anilines is 1. The van der Waals surface area contributed by atoms with Gasteiger partial charge in [0.15, 0.2) is 11.5 Å². The number of halogens is 1. The molecule has 16 heteroatoms. The summed E-state index contributed by atoms with van der Waals surface area (Å²) in [6.07, 6.45) is 7.45. The van der Waals surface area contributed by atoms with Crippen LogP contribution in [0.15, 0.2) is 46.1 Å². The molecular weight excluding hydrogens is 900 g/mol. The minimum absolute atomic E-state index is 0.0196. The lowest BCUT2D eigenvalue weighted by Gasteiger charge is -2.50. The lowest BCUT2D eigenvalue weighted by molar-refractivity contribution is -0.336. The molecule has 6 aliphatic heterocycles. The molecule has 0 aliphatic carbocycles. The Morgan fingerprint density at radius 2 is 1.65 bits per heavy atom. The molecular formula is C49H65BrN4O11. The average Bonchev–Trinajstić information content (AvgIpc) is 3.75. The summed E-state index contributed by atoms with van der Waals surface area (Å²) in [6, 6.07) is 0. The number of benzene rings is 2. The number of phenolic OH excluding ortho intramolecular Hbond substituents is 2. The van der Waals surface area contributed by atoms with E-state index in [2.05, 4.69) is 51.9 Å². The number of aromatic hydroxyl groups is 2. The summed E-state index contributed by atoms with van der Waals surface area (Å²) >= 11 is 3.26. The monoisotopic (exact) mass is 964 g/mol. The predicted molar refractivity (Wildman–Crippen MR) is 248 cm³/mol. The molecule has 2 saturated heterocycles. The van der Waals surface area contributed by atoms with E-state index in [1.165, 1.54) is 13.2 Å². The molecule has 0 radical (unpaired) electrons. The Balaban J connectivity index is 1.41. The number of carbonyl (C=O) groups excluding carboxylic acids is 3. The first-order chi connectivity index (χ1) is 30.6. The number of hydrogen-bond acceptors (Lipinski definition) is 14. The number of Topliss-reactive ketones (excluding diaryl/α,β-unsaturated/α-hetero) is 1. The molecule has 6 aliphatic rings. The number of ether oxygens (including phenoxy) is 6. The summed E-state index contributed by atoms with van der Waals surface area (Å²) < 4.78 is 37.9. The number of likely N-dealkylation sites (tertiary alicyclic amines) is 1. The molecule has 2 aromatic rings. The van der Waals surface area contributed by atoms with Crippen LogP contribution in [0.1, 0.15) is 98.0 Å². The van der Waals surface area contributed by atoms with Crippen LogP contribution in [0, 0.1) is 36.5 Å². The molecule has 1 amide bonds. The molecule has 2 fully saturated rings.